The Labute approximate surface area is 81.5 Å². The summed E-state index contributed by atoms with van der Waals surface area (Å²) in [4.78, 5) is 11.5. The lowest BCUT2D eigenvalue weighted by atomic mass is 10.4. The summed E-state index contributed by atoms with van der Waals surface area (Å²) in [5.74, 6) is 0.384. The molecule has 72 valence electrons. The van der Waals surface area contributed by atoms with Gasteiger partial charge in [0.25, 0.3) is 0 Å². The Morgan fingerprint density at radius 3 is 2.69 bits per heavy atom. The third-order valence-corrected chi connectivity index (χ3v) is 2.35. The number of nitrogen functional groups attached to an aromatic ring is 1. The molecule has 1 aromatic rings. The second-order valence-corrected chi connectivity index (χ2v) is 4.58. The molecule has 13 heavy (non-hydrogen) atoms. The molecule has 0 amide bonds. The van der Waals surface area contributed by atoms with E-state index >= 15 is 0 Å². The summed E-state index contributed by atoms with van der Waals surface area (Å²) in [6, 6.07) is 1.59. The Balaban J connectivity index is 2.82. The van der Waals surface area contributed by atoms with Crippen LogP contribution in [0.5, 0.6) is 0 Å². The van der Waals surface area contributed by atoms with Crippen LogP contribution in [-0.4, -0.2) is 20.1 Å². The van der Waals surface area contributed by atoms with Crippen molar-refractivity contribution in [2.45, 2.75) is 19.1 Å². The number of rotatable bonds is 2. The van der Waals surface area contributed by atoms with Crippen LogP contribution in [0.2, 0.25) is 0 Å². The molecule has 0 bridgehead atoms. The van der Waals surface area contributed by atoms with Crippen LogP contribution in [0.25, 0.3) is 0 Å². The molecule has 0 saturated heterocycles. The second kappa shape index (κ2) is 3.83. The van der Waals surface area contributed by atoms with E-state index in [2.05, 4.69) is 5.10 Å². The van der Waals surface area contributed by atoms with Gasteiger partial charge in [-0.3, -0.25) is 9.48 Å². The number of hydrogen-bond donors (Lipinski definition) is 1. The molecule has 0 atom stereocenters. The molecule has 0 saturated carbocycles. The zero-order chi connectivity index (χ0) is 10.0. The fraction of sp³-hybridized carbons (Fsp3) is 0.500. The van der Waals surface area contributed by atoms with Crippen molar-refractivity contribution in [3.63, 3.8) is 0 Å². The van der Waals surface area contributed by atoms with Crippen LogP contribution >= 0.6 is 11.8 Å². The Kier molecular flexibility index (Phi) is 2.98. The van der Waals surface area contributed by atoms with Gasteiger partial charge < -0.3 is 5.73 Å². The molecule has 1 heterocycles. The molecule has 0 unspecified atom stereocenters. The fourth-order valence-electron chi connectivity index (χ4n) is 0.955. The van der Waals surface area contributed by atoms with Gasteiger partial charge in [0.1, 0.15) is 11.5 Å². The van der Waals surface area contributed by atoms with E-state index in [0.29, 0.717) is 11.5 Å². The Morgan fingerprint density at radius 2 is 2.31 bits per heavy atom. The van der Waals surface area contributed by atoms with Crippen molar-refractivity contribution in [1.82, 2.24) is 9.78 Å². The first-order chi connectivity index (χ1) is 6.00. The molecule has 0 aromatic carbocycles. The maximum Gasteiger partial charge on any atom is 0.237 e. The standard InChI is InChI=1S/C8H13N3OS/c1-5(2)13-8(12)6-4-7(9)10-11(6)3/h4-5H,1-3H3,(H2,9,10). The van der Waals surface area contributed by atoms with Crippen LogP contribution in [0.1, 0.15) is 24.3 Å². The number of carbonyl (C=O) groups excluding carboxylic acids is 1. The van der Waals surface area contributed by atoms with Gasteiger partial charge in [0.05, 0.1) is 0 Å². The topological polar surface area (TPSA) is 60.9 Å². The monoisotopic (exact) mass is 199 g/mol. The van der Waals surface area contributed by atoms with Crippen molar-refractivity contribution < 1.29 is 4.79 Å². The summed E-state index contributed by atoms with van der Waals surface area (Å²) >= 11 is 1.28. The first-order valence-electron chi connectivity index (χ1n) is 4.01. The van der Waals surface area contributed by atoms with E-state index in [1.807, 2.05) is 13.8 Å². The highest BCUT2D eigenvalue weighted by atomic mass is 32.2. The Morgan fingerprint density at radius 1 is 1.69 bits per heavy atom. The van der Waals surface area contributed by atoms with Crippen LogP contribution in [0.15, 0.2) is 6.07 Å². The van der Waals surface area contributed by atoms with E-state index in [4.69, 9.17) is 5.73 Å². The molecule has 0 aliphatic rings. The highest BCUT2D eigenvalue weighted by molar-refractivity contribution is 8.14. The lowest BCUT2D eigenvalue weighted by molar-refractivity contribution is 0.108. The van der Waals surface area contributed by atoms with Gasteiger partial charge in [-0.25, -0.2) is 0 Å². The van der Waals surface area contributed by atoms with E-state index in [1.54, 1.807) is 13.1 Å². The number of nitrogens with two attached hydrogens (primary N) is 1. The number of carbonyl (C=O) groups is 1. The second-order valence-electron chi connectivity index (χ2n) is 3.03. The summed E-state index contributed by atoms with van der Waals surface area (Å²) in [6.45, 7) is 3.95. The summed E-state index contributed by atoms with van der Waals surface area (Å²) in [7, 11) is 1.71. The van der Waals surface area contributed by atoms with E-state index in [-0.39, 0.29) is 10.4 Å². The normalized spacial score (nSPS) is 10.8. The van der Waals surface area contributed by atoms with Crippen molar-refractivity contribution in [1.29, 1.82) is 0 Å². The van der Waals surface area contributed by atoms with Crippen LogP contribution in [-0.2, 0) is 7.05 Å². The number of aryl methyl sites for hydroxylation is 1. The average Bonchev–Trinajstić information content (AvgIpc) is 2.28. The van der Waals surface area contributed by atoms with E-state index in [0.717, 1.165) is 0 Å². The molecule has 0 fully saturated rings. The van der Waals surface area contributed by atoms with Gasteiger partial charge in [0.15, 0.2) is 0 Å². The summed E-state index contributed by atoms with van der Waals surface area (Å²) in [5, 5.41) is 4.20. The van der Waals surface area contributed by atoms with Gasteiger partial charge in [0.2, 0.25) is 5.12 Å². The van der Waals surface area contributed by atoms with Crippen molar-refractivity contribution in [2.24, 2.45) is 7.05 Å². The first kappa shape index (κ1) is 10.1. The molecule has 1 aromatic heterocycles. The third kappa shape index (κ3) is 2.48. The molecule has 1 rings (SSSR count). The summed E-state index contributed by atoms with van der Waals surface area (Å²) in [5.41, 5.74) is 6.01. The predicted octanol–water partition coefficient (Wildman–Crippen LogP) is 1.28. The third-order valence-electron chi connectivity index (χ3n) is 1.45. The summed E-state index contributed by atoms with van der Waals surface area (Å²) in [6.07, 6.45) is 0. The fourth-order valence-corrected chi connectivity index (χ4v) is 1.69. The number of hydrogen-bond acceptors (Lipinski definition) is 4. The lowest BCUT2D eigenvalue weighted by Gasteiger charge is -2.02. The lowest BCUT2D eigenvalue weighted by Crippen LogP contribution is -2.05. The quantitative estimate of drug-likeness (QED) is 0.779. The van der Waals surface area contributed by atoms with Gasteiger partial charge >= 0.3 is 0 Å². The van der Waals surface area contributed by atoms with Gasteiger partial charge in [-0.1, -0.05) is 25.6 Å². The van der Waals surface area contributed by atoms with Gasteiger partial charge in [-0.15, -0.1) is 0 Å². The van der Waals surface area contributed by atoms with E-state index < -0.39 is 0 Å². The van der Waals surface area contributed by atoms with Crippen molar-refractivity contribution >= 4 is 22.7 Å². The molecule has 0 spiro atoms. The molecule has 0 radical (unpaired) electrons. The minimum absolute atomic E-state index is 0.0155. The molecule has 5 heteroatoms. The number of thioether (sulfide) groups is 1. The zero-order valence-electron chi connectivity index (χ0n) is 7.94. The zero-order valence-corrected chi connectivity index (χ0v) is 8.76. The minimum atomic E-state index is 0.0155. The van der Waals surface area contributed by atoms with Gasteiger partial charge in [-0.2, -0.15) is 5.10 Å². The van der Waals surface area contributed by atoms with Crippen LogP contribution in [0.4, 0.5) is 5.82 Å². The highest BCUT2D eigenvalue weighted by Gasteiger charge is 2.13. The number of anilines is 1. The predicted molar refractivity (Wildman–Crippen MR) is 54.7 cm³/mol. The van der Waals surface area contributed by atoms with Gasteiger partial charge in [0, 0.05) is 18.4 Å². The first-order valence-corrected chi connectivity index (χ1v) is 4.89. The SMILES string of the molecule is CC(C)SC(=O)c1cc(N)nn1C. The summed E-state index contributed by atoms with van der Waals surface area (Å²) < 4.78 is 1.51. The molecule has 4 nitrogen and oxygen atoms in total. The minimum Gasteiger partial charge on any atom is -0.382 e. The molecular weight excluding hydrogens is 186 g/mol. The molecule has 0 aliphatic heterocycles. The maximum absolute atomic E-state index is 11.5. The number of aromatic nitrogens is 2. The molecular formula is C8H13N3OS. The van der Waals surface area contributed by atoms with Crippen LogP contribution in [0.3, 0.4) is 0 Å². The van der Waals surface area contributed by atoms with Gasteiger partial charge in [-0.05, 0) is 0 Å². The Hall–Kier alpha value is -0.970. The highest BCUT2D eigenvalue weighted by Crippen LogP contribution is 2.17. The van der Waals surface area contributed by atoms with Crippen molar-refractivity contribution in [3.05, 3.63) is 11.8 Å². The van der Waals surface area contributed by atoms with Crippen LogP contribution in [0, 0.1) is 0 Å². The average molecular weight is 199 g/mol. The smallest absolute Gasteiger partial charge is 0.237 e. The Bertz CT molecular complexity index is 319. The number of nitrogens with zero attached hydrogens (tertiary/aromatic N) is 2. The van der Waals surface area contributed by atoms with Crippen molar-refractivity contribution in [3.8, 4) is 0 Å². The largest absolute Gasteiger partial charge is 0.382 e. The van der Waals surface area contributed by atoms with E-state index in [1.165, 1.54) is 16.4 Å². The maximum atomic E-state index is 11.5. The van der Waals surface area contributed by atoms with E-state index in [9.17, 15) is 4.79 Å². The molecule has 0 aliphatic carbocycles. The van der Waals surface area contributed by atoms with Crippen LogP contribution < -0.4 is 5.73 Å². The molecule has 2 N–H and O–H groups in total. The van der Waals surface area contributed by atoms with Crippen molar-refractivity contribution in [2.75, 3.05) is 5.73 Å².